The zero-order valence-electron chi connectivity index (χ0n) is 17.8. The van der Waals surface area contributed by atoms with Gasteiger partial charge in [-0.05, 0) is 43.9 Å². The topological polar surface area (TPSA) is 67.7 Å². The van der Waals surface area contributed by atoms with E-state index in [1.54, 1.807) is 23.0 Å². The summed E-state index contributed by atoms with van der Waals surface area (Å²) in [6.45, 7) is 3.70. The largest absolute Gasteiger partial charge is 0.378 e. The fraction of sp³-hybridized carbons (Fsp3) is 0.522. The first kappa shape index (κ1) is 21.7. The third-order valence-electron chi connectivity index (χ3n) is 6.59. The molecule has 0 bridgehead atoms. The van der Waals surface area contributed by atoms with Gasteiger partial charge in [-0.15, -0.1) is 0 Å². The second kappa shape index (κ2) is 9.04. The predicted octanol–water partition coefficient (Wildman–Crippen LogP) is 3.77. The Bertz CT molecular complexity index is 1020. The summed E-state index contributed by atoms with van der Waals surface area (Å²) in [6.07, 6.45) is 5.11. The van der Waals surface area contributed by atoms with Gasteiger partial charge in [0.1, 0.15) is 0 Å². The Morgan fingerprint density at radius 3 is 2.34 bits per heavy atom. The van der Waals surface area contributed by atoms with Crippen LogP contribution in [0.15, 0.2) is 24.4 Å². The second-order valence-electron chi connectivity index (χ2n) is 8.73. The van der Waals surface area contributed by atoms with Crippen molar-refractivity contribution in [1.29, 1.82) is 0 Å². The zero-order chi connectivity index (χ0) is 22.2. The average molecular weight is 477 g/mol. The van der Waals surface area contributed by atoms with E-state index in [1.165, 1.54) is 0 Å². The Morgan fingerprint density at radius 2 is 1.69 bits per heavy atom. The first-order chi connectivity index (χ1) is 15.5. The SMILES string of the molecule is O=C(c1cnn(-c2ccc(Cl)cc2Cl)c1C1CC1)N1CCC(C(=O)N2CCOCC2)CC1. The van der Waals surface area contributed by atoms with Crippen LogP contribution >= 0.6 is 23.2 Å². The summed E-state index contributed by atoms with van der Waals surface area (Å²) in [4.78, 5) is 30.0. The zero-order valence-corrected chi connectivity index (χ0v) is 19.3. The Balaban J connectivity index is 1.31. The third kappa shape index (κ3) is 4.26. The van der Waals surface area contributed by atoms with Crippen molar-refractivity contribution in [3.8, 4) is 5.69 Å². The number of amides is 2. The molecule has 0 N–H and O–H groups in total. The Hall–Kier alpha value is -2.09. The molecule has 2 saturated heterocycles. The van der Waals surface area contributed by atoms with E-state index in [0.717, 1.165) is 24.2 Å². The van der Waals surface area contributed by atoms with Gasteiger partial charge in [0.05, 0.1) is 41.4 Å². The van der Waals surface area contributed by atoms with Crippen LogP contribution < -0.4 is 0 Å². The third-order valence-corrected chi connectivity index (χ3v) is 7.13. The number of morpholine rings is 1. The summed E-state index contributed by atoms with van der Waals surface area (Å²) in [6, 6.07) is 5.30. The molecule has 1 aromatic heterocycles. The number of ether oxygens (including phenoxy) is 1. The molecule has 2 aliphatic heterocycles. The molecule has 170 valence electrons. The standard InChI is InChI=1S/C23H26Cl2N4O3/c24-17-3-4-20(19(25)13-17)29-21(15-1-2-15)18(14-26-29)23(31)27-7-5-16(6-8-27)22(30)28-9-11-32-12-10-28/h3-4,13-16H,1-2,5-12H2. The van der Waals surface area contributed by atoms with Crippen LogP contribution in [-0.2, 0) is 9.53 Å². The van der Waals surface area contributed by atoms with Gasteiger partial charge < -0.3 is 14.5 Å². The lowest BCUT2D eigenvalue weighted by atomic mass is 9.94. The second-order valence-corrected chi connectivity index (χ2v) is 9.57. The summed E-state index contributed by atoms with van der Waals surface area (Å²) in [5.74, 6) is 0.476. The number of benzene rings is 1. The number of rotatable bonds is 4. The predicted molar refractivity (Wildman–Crippen MR) is 122 cm³/mol. The van der Waals surface area contributed by atoms with Gasteiger partial charge in [0, 0.05) is 43.0 Å². The molecule has 3 fully saturated rings. The van der Waals surface area contributed by atoms with Crippen molar-refractivity contribution in [1.82, 2.24) is 19.6 Å². The summed E-state index contributed by atoms with van der Waals surface area (Å²) < 4.78 is 7.14. The lowest BCUT2D eigenvalue weighted by molar-refractivity contribution is -0.141. The van der Waals surface area contributed by atoms with Gasteiger partial charge in [-0.3, -0.25) is 9.59 Å². The van der Waals surface area contributed by atoms with Crippen molar-refractivity contribution in [3.05, 3.63) is 45.7 Å². The molecular weight excluding hydrogens is 451 g/mol. The van der Waals surface area contributed by atoms with Crippen LogP contribution in [0.4, 0.5) is 0 Å². The highest BCUT2D eigenvalue weighted by atomic mass is 35.5. The molecule has 32 heavy (non-hydrogen) atoms. The molecule has 0 spiro atoms. The maximum Gasteiger partial charge on any atom is 0.257 e. The summed E-state index contributed by atoms with van der Waals surface area (Å²) >= 11 is 12.5. The van der Waals surface area contributed by atoms with E-state index in [1.807, 2.05) is 15.9 Å². The van der Waals surface area contributed by atoms with Gasteiger partial charge in [0.2, 0.25) is 5.91 Å². The van der Waals surface area contributed by atoms with Crippen molar-refractivity contribution >= 4 is 35.0 Å². The van der Waals surface area contributed by atoms with E-state index < -0.39 is 0 Å². The normalized spacial score (nSPS) is 19.9. The number of carbonyl (C=O) groups is 2. The van der Waals surface area contributed by atoms with E-state index in [0.29, 0.717) is 73.8 Å². The maximum atomic E-state index is 13.4. The van der Waals surface area contributed by atoms with E-state index >= 15 is 0 Å². The minimum absolute atomic E-state index is 0.0134. The minimum atomic E-state index is -0.0179. The van der Waals surface area contributed by atoms with Crippen LogP contribution in [0, 0.1) is 5.92 Å². The number of carbonyl (C=O) groups excluding carboxylic acids is 2. The van der Waals surface area contributed by atoms with Crippen molar-refractivity contribution < 1.29 is 14.3 Å². The molecule has 5 rings (SSSR count). The number of piperidine rings is 1. The fourth-order valence-electron chi connectivity index (χ4n) is 4.66. The van der Waals surface area contributed by atoms with Crippen molar-refractivity contribution in [2.24, 2.45) is 5.92 Å². The number of nitrogens with zero attached hydrogens (tertiary/aromatic N) is 4. The van der Waals surface area contributed by atoms with Gasteiger partial charge in [-0.25, -0.2) is 4.68 Å². The molecule has 0 unspecified atom stereocenters. The molecule has 0 radical (unpaired) electrons. The van der Waals surface area contributed by atoms with Gasteiger partial charge in [-0.1, -0.05) is 23.2 Å². The Labute approximate surface area is 197 Å². The molecule has 2 aromatic rings. The lowest BCUT2D eigenvalue weighted by Gasteiger charge is -2.35. The number of halogens is 2. The average Bonchev–Trinajstić information content (AvgIpc) is 3.57. The highest BCUT2D eigenvalue weighted by Gasteiger charge is 2.36. The lowest BCUT2D eigenvalue weighted by Crippen LogP contribution is -2.47. The number of hydrogen-bond acceptors (Lipinski definition) is 4. The van der Waals surface area contributed by atoms with Crippen molar-refractivity contribution in [2.45, 2.75) is 31.6 Å². The molecule has 3 aliphatic rings. The van der Waals surface area contributed by atoms with Crippen molar-refractivity contribution in [2.75, 3.05) is 39.4 Å². The smallest absolute Gasteiger partial charge is 0.257 e. The number of hydrogen-bond donors (Lipinski definition) is 0. The first-order valence-corrected chi connectivity index (χ1v) is 12.0. The quantitative estimate of drug-likeness (QED) is 0.673. The van der Waals surface area contributed by atoms with E-state index in [9.17, 15) is 9.59 Å². The monoisotopic (exact) mass is 476 g/mol. The highest BCUT2D eigenvalue weighted by molar-refractivity contribution is 6.35. The van der Waals surface area contributed by atoms with Crippen LogP contribution in [0.25, 0.3) is 5.69 Å². The van der Waals surface area contributed by atoms with Crippen LogP contribution in [0.2, 0.25) is 10.0 Å². The minimum Gasteiger partial charge on any atom is -0.378 e. The van der Waals surface area contributed by atoms with Gasteiger partial charge >= 0.3 is 0 Å². The first-order valence-electron chi connectivity index (χ1n) is 11.2. The fourth-order valence-corrected chi connectivity index (χ4v) is 5.15. The Kier molecular flexibility index (Phi) is 6.14. The van der Waals surface area contributed by atoms with Gasteiger partial charge in [-0.2, -0.15) is 5.10 Å². The number of aromatic nitrogens is 2. The van der Waals surface area contributed by atoms with Gasteiger partial charge in [0.15, 0.2) is 0 Å². The van der Waals surface area contributed by atoms with E-state index in [2.05, 4.69) is 5.10 Å². The highest BCUT2D eigenvalue weighted by Crippen LogP contribution is 2.43. The molecule has 7 nitrogen and oxygen atoms in total. The molecule has 1 aliphatic carbocycles. The molecular formula is C23H26Cl2N4O3. The molecule has 9 heteroatoms. The molecule has 1 saturated carbocycles. The molecule has 3 heterocycles. The van der Waals surface area contributed by atoms with E-state index in [4.69, 9.17) is 27.9 Å². The Morgan fingerprint density at radius 1 is 0.969 bits per heavy atom. The van der Waals surface area contributed by atoms with E-state index in [-0.39, 0.29) is 17.7 Å². The van der Waals surface area contributed by atoms with Crippen molar-refractivity contribution in [3.63, 3.8) is 0 Å². The molecule has 1 aromatic carbocycles. The van der Waals surface area contributed by atoms with Crippen LogP contribution in [-0.4, -0.2) is 70.8 Å². The summed E-state index contributed by atoms with van der Waals surface area (Å²) in [5.41, 5.74) is 2.29. The number of likely N-dealkylation sites (tertiary alicyclic amines) is 1. The molecule has 0 atom stereocenters. The molecule has 2 amide bonds. The van der Waals surface area contributed by atoms with Crippen LogP contribution in [0.1, 0.15) is 47.7 Å². The summed E-state index contributed by atoms with van der Waals surface area (Å²) in [5, 5.41) is 5.59. The summed E-state index contributed by atoms with van der Waals surface area (Å²) in [7, 11) is 0. The maximum absolute atomic E-state index is 13.4. The van der Waals surface area contributed by atoms with Crippen LogP contribution in [0.3, 0.4) is 0 Å². The van der Waals surface area contributed by atoms with Gasteiger partial charge in [0.25, 0.3) is 5.91 Å². The van der Waals surface area contributed by atoms with Crippen LogP contribution in [0.5, 0.6) is 0 Å².